The number of benzene rings is 1. The van der Waals surface area contributed by atoms with Crippen LogP contribution < -0.4 is 9.64 Å². The zero-order valence-corrected chi connectivity index (χ0v) is 12.1. The normalized spacial score (nSPS) is 14.6. The van der Waals surface area contributed by atoms with Crippen LogP contribution in [0, 0.1) is 0 Å². The number of carbonyl (C=O) groups excluding carboxylic acids is 3. The lowest BCUT2D eigenvalue weighted by atomic mass is 10.2. The summed E-state index contributed by atoms with van der Waals surface area (Å²) < 4.78 is 5.20. The Balaban J connectivity index is 1.94. The Kier molecular flexibility index (Phi) is 5.09. The molecule has 1 aliphatic rings. The number of unbranched alkanes of at least 4 members (excludes halogenated alkanes) is 2. The Bertz CT molecular complexity index is 520. The summed E-state index contributed by atoms with van der Waals surface area (Å²) in [5.41, 5.74) is 0.522. The van der Waals surface area contributed by atoms with Crippen molar-refractivity contribution < 1.29 is 19.1 Å². The van der Waals surface area contributed by atoms with E-state index in [0.29, 0.717) is 17.9 Å². The Morgan fingerprint density at radius 2 is 1.71 bits per heavy atom. The van der Waals surface area contributed by atoms with E-state index in [2.05, 4.69) is 6.92 Å². The highest BCUT2D eigenvalue weighted by atomic mass is 16.5. The molecule has 0 atom stereocenters. The van der Waals surface area contributed by atoms with E-state index in [-0.39, 0.29) is 30.6 Å². The van der Waals surface area contributed by atoms with Crippen LogP contribution in [0.3, 0.4) is 0 Å². The molecule has 5 nitrogen and oxygen atoms in total. The molecular formula is C16H19NO4. The first kappa shape index (κ1) is 15.2. The summed E-state index contributed by atoms with van der Waals surface area (Å²) in [4.78, 5) is 36.0. The van der Waals surface area contributed by atoms with Gasteiger partial charge in [0.25, 0.3) is 0 Å². The van der Waals surface area contributed by atoms with Gasteiger partial charge in [0, 0.05) is 19.3 Å². The number of anilines is 1. The molecule has 21 heavy (non-hydrogen) atoms. The van der Waals surface area contributed by atoms with E-state index in [1.807, 2.05) is 0 Å². The summed E-state index contributed by atoms with van der Waals surface area (Å²) >= 11 is 0. The summed E-state index contributed by atoms with van der Waals surface area (Å²) in [7, 11) is 0. The van der Waals surface area contributed by atoms with Gasteiger partial charge in [0.05, 0.1) is 5.69 Å². The summed E-state index contributed by atoms with van der Waals surface area (Å²) in [5, 5.41) is 0. The van der Waals surface area contributed by atoms with Crippen LogP contribution in [0.1, 0.15) is 45.4 Å². The second-order valence-corrected chi connectivity index (χ2v) is 5.05. The minimum Gasteiger partial charge on any atom is -0.427 e. The molecule has 2 amide bonds. The second-order valence-electron chi connectivity index (χ2n) is 5.05. The van der Waals surface area contributed by atoms with Crippen molar-refractivity contribution in [2.24, 2.45) is 0 Å². The van der Waals surface area contributed by atoms with Crippen LogP contribution in [0.2, 0.25) is 0 Å². The van der Waals surface area contributed by atoms with E-state index in [1.165, 1.54) is 4.90 Å². The van der Waals surface area contributed by atoms with E-state index in [1.54, 1.807) is 24.3 Å². The molecule has 1 saturated heterocycles. The molecule has 112 valence electrons. The van der Waals surface area contributed by atoms with Gasteiger partial charge in [0.15, 0.2) is 0 Å². The van der Waals surface area contributed by atoms with Crippen LogP contribution in [0.4, 0.5) is 5.69 Å². The SMILES string of the molecule is CCCCCC(=O)Oc1ccc(N2C(=O)CCC2=O)cc1. The highest BCUT2D eigenvalue weighted by molar-refractivity contribution is 6.19. The highest BCUT2D eigenvalue weighted by Gasteiger charge is 2.30. The van der Waals surface area contributed by atoms with Crippen molar-refractivity contribution in [3.05, 3.63) is 24.3 Å². The fourth-order valence-corrected chi connectivity index (χ4v) is 2.23. The number of ether oxygens (including phenoxy) is 1. The van der Waals surface area contributed by atoms with E-state index in [4.69, 9.17) is 4.74 Å². The third-order valence-corrected chi connectivity index (χ3v) is 3.36. The lowest BCUT2D eigenvalue weighted by Gasteiger charge is -2.14. The maximum absolute atomic E-state index is 11.6. The van der Waals surface area contributed by atoms with E-state index in [0.717, 1.165) is 19.3 Å². The van der Waals surface area contributed by atoms with Crippen LogP contribution >= 0.6 is 0 Å². The average Bonchev–Trinajstić information content (AvgIpc) is 2.80. The first-order valence-electron chi connectivity index (χ1n) is 7.28. The molecule has 0 bridgehead atoms. The van der Waals surface area contributed by atoms with Gasteiger partial charge in [-0.1, -0.05) is 19.8 Å². The smallest absolute Gasteiger partial charge is 0.311 e. The molecule has 1 fully saturated rings. The van der Waals surface area contributed by atoms with Crippen molar-refractivity contribution in [1.82, 2.24) is 0 Å². The molecule has 0 N–H and O–H groups in total. The molecule has 0 saturated carbocycles. The summed E-state index contributed by atoms with van der Waals surface area (Å²) in [6.45, 7) is 2.07. The monoisotopic (exact) mass is 289 g/mol. The van der Waals surface area contributed by atoms with Gasteiger partial charge in [-0.3, -0.25) is 19.3 Å². The Hall–Kier alpha value is -2.17. The van der Waals surface area contributed by atoms with Gasteiger partial charge in [-0.25, -0.2) is 0 Å². The van der Waals surface area contributed by atoms with E-state index < -0.39 is 0 Å². The minimum absolute atomic E-state index is 0.190. The number of nitrogens with zero attached hydrogens (tertiary/aromatic N) is 1. The molecule has 0 aromatic heterocycles. The molecule has 0 spiro atoms. The average molecular weight is 289 g/mol. The highest BCUT2D eigenvalue weighted by Crippen LogP contribution is 2.25. The molecular weight excluding hydrogens is 270 g/mol. The van der Waals surface area contributed by atoms with Crippen molar-refractivity contribution in [2.75, 3.05) is 4.90 Å². The Morgan fingerprint density at radius 3 is 2.29 bits per heavy atom. The first-order valence-corrected chi connectivity index (χ1v) is 7.28. The molecule has 0 radical (unpaired) electrons. The number of imide groups is 1. The number of esters is 1. The van der Waals surface area contributed by atoms with Gasteiger partial charge in [-0.15, -0.1) is 0 Å². The lowest BCUT2D eigenvalue weighted by molar-refractivity contribution is -0.134. The molecule has 1 aromatic rings. The van der Waals surface area contributed by atoms with Crippen molar-refractivity contribution in [3.63, 3.8) is 0 Å². The third-order valence-electron chi connectivity index (χ3n) is 3.36. The van der Waals surface area contributed by atoms with Crippen molar-refractivity contribution in [2.45, 2.75) is 45.4 Å². The molecule has 2 rings (SSSR count). The predicted octanol–water partition coefficient (Wildman–Crippen LogP) is 2.83. The van der Waals surface area contributed by atoms with Gasteiger partial charge < -0.3 is 4.74 Å². The lowest BCUT2D eigenvalue weighted by Crippen LogP contribution is -2.28. The topological polar surface area (TPSA) is 63.7 Å². The second kappa shape index (κ2) is 7.02. The molecule has 5 heteroatoms. The number of hydrogen-bond donors (Lipinski definition) is 0. The molecule has 1 aliphatic heterocycles. The van der Waals surface area contributed by atoms with Crippen molar-refractivity contribution >= 4 is 23.5 Å². The molecule has 1 aromatic carbocycles. The van der Waals surface area contributed by atoms with Gasteiger partial charge >= 0.3 is 5.97 Å². The van der Waals surface area contributed by atoms with Crippen LogP contribution in [0.25, 0.3) is 0 Å². The van der Waals surface area contributed by atoms with Crippen LogP contribution in [-0.2, 0) is 14.4 Å². The van der Waals surface area contributed by atoms with Crippen molar-refractivity contribution in [3.8, 4) is 5.75 Å². The van der Waals surface area contributed by atoms with Crippen LogP contribution in [0.15, 0.2) is 24.3 Å². The fourth-order valence-electron chi connectivity index (χ4n) is 2.23. The molecule has 0 unspecified atom stereocenters. The van der Waals surface area contributed by atoms with Crippen LogP contribution in [0.5, 0.6) is 5.75 Å². The van der Waals surface area contributed by atoms with E-state index in [9.17, 15) is 14.4 Å². The number of carbonyl (C=O) groups is 3. The fraction of sp³-hybridized carbons (Fsp3) is 0.438. The molecule has 0 aliphatic carbocycles. The molecule has 1 heterocycles. The number of hydrogen-bond acceptors (Lipinski definition) is 4. The van der Waals surface area contributed by atoms with Gasteiger partial charge in [-0.2, -0.15) is 0 Å². The van der Waals surface area contributed by atoms with Gasteiger partial charge in [0.1, 0.15) is 5.75 Å². The predicted molar refractivity (Wildman–Crippen MR) is 77.9 cm³/mol. The maximum atomic E-state index is 11.6. The zero-order valence-electron chi connectivity index (χ0n) is 12.1. The maximum Gasteiger partial charge on any atom is 0.311 e. The van der Waals surface area contributed by atoms with Gasteiger partial charge in [0.2, 0.25) is 11.8 Å². The quantitative estimate of drug-likeness (QED) is 0.349. The van der Waals surface area contributed by atoms with Crippen molar-refractivity contribution in [1.29, 1.82) is 0 Å². The zero-order chi connectivity index (χ0) is 15.2. The number of rotatable bonds is 6. The Morgan fingerprint density at radius 1 is 1.10 bits per heavy atom. The summed E-state index contributed by atoms with van der Waals surface area (Å²) in [6.07, 6.45) is 3.80. The number of amides is 2. The van der Waals surface area contributed by atoms with Gasteiger partial charge in [-0.05, 0) is 30.7 Å². The summed E-state index contributed by atoms with van der Waals surface area (Å²) in [5.74, 6) is -0.211. The van der Waals surface area contributed by atoms with Crippen LogP contribution in [-0.4, -0.2) is 17.8 Å². The largest absolute Gasteiger partial charge is 0.427 e. The minimum atomic E-state index is -0.260. The van der Waals surface area contributed by atoms with E-state index >= 15 is 0 Å². The standard InChI is InChI=1S/C16H19NO4/c1-2-3-4-5-16(20)21-13-8-6-12(7-9-13)17-14(18)10-11-15(17)19/h6-9H,2-5,10-11H2,1H3. The first-order chi connectivity index (χ1) is 10.1. The third kappa shape index (κ3) is 3.90. The summed E-state index contributed by atoms with van der Waals surface area (Å²) in [6, 6.07) is 6.45. The Labute approximate surface area is 123 Å².